The van der Waals surface area contributed by atoms with Gasteiger partial charge in [-0.15, -0.1) is 0 Å². The van der Waals surface area contributed by atoms with Gasteiger partial charge in [0.2, 0.25) is 0 Å². The maximum atomic E-state index is 3.67. The van der Waals surface area contributed by atoms with Gasteiger partial charge in [-0.1, -0.05) is 227 Å². The summed E-state index contributed by atoms with van der Waals surface area (Å²) < 4.78 is 0. The Hall–Kier alpha value is -0.780. The van der Waals surface area contributed by atoms with Crippen LogP contribution in [0.4, 0.5) is 0 Å². The Morgan fingerprint density at radius 3 is 0.875 bits per heavy atom. The highest BCUT2D eigenvalue weighted by Gasteiger charge is 1.88. The van der Waals surface area contributed by atoms with Gasteiger partial charge in [-0.05, 0) is 37.8 Å². The maximum absolute atomic E-state index is 3.67. The SMILES string of the molecule is C=C/C(C)=C(C)\C=C/C.CC.CC.CCC.CCC.CCC.CCC.CCC.CCCCC.CCCCC(C)C. The first-order chi connectivity index (χ1) is 19.0. The molecule has 0 aromatic heterocycles. The Kier molecular flexibility index (Phi) is 180. The predicted octanol–water partition coefficient (Wildman–Crippen LogP) is 17.2. The smallest absolute Gasteiger partial charge is 0.0395 e. The van der Waals surface area contributed by atoms with E-state index in [0.29, 0.717) is 0 Å². The van der Waals surface area contributed by atoms with Crippen LogP contribution in [0.15, 0.2) is 36.0 Å². The van der Waals surface area contributed by atoms with Gasteiger partial charge in [0, 0.05) is 0 Å². The summed E-state index contributed by atoms with van der Waals surface area (Å²) in [6, 6.07) is 0. The first-order valence-electron chi connectivity index (χ1n) is 17.9. The predicted molar refractivity (Wildman–Crippen MR) is 205 cm³/mol. The molecule has 0 bridgehead atoms. The van der Waals surface area contributed by atoms with Crippen LogP contribution in [0, 0.1) is 5.92 Å². The molecule has 0 rings (SSSR count). The number of allylic oxidation sites excluding steroid dienone is 5. The largest absolute Gasteiger partial charge is 0.0988 e. The van der Waals surface area contributed by atoms with E-state index in [2.05, 4.69) is 130 Å². The Morgan fingerprint density at radius 1 is 0.525 bits per heavy atom. The van der Waals surface area contributed by atoms with Gasteiger partial charge in [0.25, 0.3) is 0 Å². The number of hydrogen-bond donors (Lipinski definition) is 0. The van der Waals surface area contributed by atoms with Crippen LogP contribution in [0.25, 0.3) is 0 Å². The summed E-state index contributed by atoms with van der Waals surface area (Å²) in [4.78, 5) is 0. The van der Waals surface area contributed by atoms with Gasteiger partial charge in [-0.3, -0.25) is 0 Å². The van der Waals surface area contributed by atoms with Crippen LogP contribution in [-0.4, -0.2) is 0 Å². The van der Waals surface area contributed by atoms with E-state index in [4.69, 9.17) is 0 Å². The summed E-state index contributed by atoms with van der Waals surface area (Å²) in [5.74, 6) is 0.903. The van der Waals surface area contributed by atoms with Gasteiger partial charge in [0.1, 0.15) is 0 Å². The molecule has 0 amide bonds. The zero-order chi connectivity index (χ0) is 34.6. The summed E-state index contributed by atoms with van der Waals surface area (Å²) in [6.45, 7) is 50.3. The summed E-state index contributed by atoms with van der Waals surface area (Å²) in [7, 11) is 0. The van der Waals surface area contributed by atoms with Crippen molar-refractivity contribution in [3.63, 3.8) is 0 Å². The van der Waals surface area contributed by atoms with Crippen molar-refractivity contribution in [3.8, 4) is 0 Å². The molecule has 0 aliphatic heterocycles. The molecule has 0 spiro atoms. The van der Waals surface area contributed by atoms with Crippen LogP contribution in [0.3, 0.4) is 0 Å². The van der Waals surface area contributed by atoms with E-state index >= 15 is 0 Å². The van der Waals surface area contributed by atoms with Gasteiger partial charge in [0.15, 0.2) is 0 Å². The molecule has 254 valence electrons. The highest BCUT2D eigenvalue weighted by atomic mass is 13.9. The van der Waals surface area contributed by atoms with Gasteiger partial charge in [0.05, 0.1) is 0 Å². The maximum Gasteiger partial charge on any atom is -0.0395 e. The number of rotatable bonds is 7. The quantitative estimate of drug-likeness (QED) is 0.265. The molecular weight excluding hydrogens is 480 g/mol. The lowest BCUT2D eigenvalue weighted by molar-refractivity contribution is 0.550. The molecule has 0 aliphatic carbocycles. The van der Waals surface area contributed by atoms with Crippen LogP contribution >= 0.6 is 0 Å². The lowest BCUT2D eigenvalue weighted by Crippen LogP contribution is -1.83. The van der Waals surface area contributed by atoms with Crippen molar-refractivity contribution < 1.29 is 0 Å². The monoisotopic (exact) mass is 575 g/mol. The minimum atomic E-state index is 0.903. The molecule has 0 aromatic rings. The normalized spacial score (nSPS) is 8.47. The average molecular weight is 575 g/mol. The molecule has 0 atom stereocenters. The van der Waals surface area contributed by atoms with Crippen molar-refractivity contribution in [1.82, 2.24) is 0 Å². The molecule has 0 fully saturated rings. The fourth-order valence-corrected chi connectivity index (χ4v) is 1.51. The van der Waals surface area contributed by atoms with Crippen molar-refractivity contribution in [2.75, 3.05) is 0 Å². The summed E-state index contributed by atoms with van der Waals surface area (Å²) in [5, 5.41) is 0. The van der Waals surface area contributed by atoms with Gasteiger partial charge in [-0.25, -0.2) is 0 Å². The molecule has 40 heavy (non-hydrogen) atoms. The first kappa shape index (κ1) is 67.1. The summed E-state index contributed by atoms with van der Waals surface area (Å²) in [5.41, 5.74) is 2.53. The second kappa shape index (κ2) is 107. The van der Waals surface area contributed by atoms with Gasteiger partial charge >= 0.3 is 0 Å². The highest BCUT2D eigenvalue weighted by molar-refractivity contribution is 5.28. The average Bonchev–Trinajstić information content (AvgIpc) is 2.93. The molecule has 0 unspecified atom stereocenters. The van der Waals surface area contributed by atoms with Crippen LogP contribution in [0.2, 0.25) is 0 Å². The Bertz CT molecular complexity index is 303. The Labute approximate surface area is 264 Å². The van der Waals surface area contributed by atoms with Crippen LogP contribution in [0.1, 0.15) is 223 Å². The molecule has 0 aromatic carbocycles. The summed E-state index contributed by atoms with van der Waals surface area (Å²) in [6.07, 6.45) is 20.5. The topological polar surface area (TPSA) is 0 Å². The minimum Gasteiger partial charge on any atom is -0.0988 e. The second-order valence-electron chi connectivity index (χ2n) is 9.50. The molecule has 0 N–H and O–H groups in total. The zero-order valence-corrected chi connectivity index (χ0v) is 33.8. The van der Waals surface area contributed by atoms with Gasteiger partial charge < -0.3 is 0 Å². The fourth-order valence-electron chi connectivity index (χ4n) is 1.51. The second-order valence-corrected chi connectivity index (χ2v) is 9.50. The lowest BCUT2D eigenvalue weighted by atomic mass is 10.1. The van der Waals surface area contributed by atoms with Crippen molar-refractivity contribution in [2.24, 2.45) is 5.92 Å². The fraction of sp³-hybridized carbons (Fsp3) is 0.850. The van der Waals surface area contributed by atoms with Crippen LogP contribution in [0.5, 0.6) is 0 Å². The molecular formula is C40H94. The van der Waals surface area contributed by atoms with Crippen molar-refractivity contribution in [1.29, 1.82) is 0 Å². The highest BCUT2D eigenvalue weighted by Crippen LogP contribution is 2.05. The van der Waals surface area contributed by atoms with Crippen LogP contribution in [-0.2, 0) is 0 Å². The summed E-state index contributed by atoms with van der Waals surface area (Å²) >= 11 is 0. The molecule has 0 heterocycles. The molecule has 0 aliphatic rings. The van der Waals surface area contributed by atoms with Crippen molar-refractivity contribution >= 4 is 0 Å². The van der Waals surface area contributed by atoms with E-state index in [0.717, 1.165) is 5.92 Å². The first-order valence-corrected chi connectivity index (χ1v) is 17.9. The molecule has 0 radical (unpaired) electrons. The Morgan fingerprint density at radius 2 is 0.775 bits per heavy atom. The zero-order valence-electron chi connectivity index (χ0n) is 33.8. The lowest BCUT2D eigenvalue weighted by Gasteiger charge is -1.98. The molecule has 0 heteroatoms. The van der Waals surface area contributed by atoms with E-state index in [-0.39, 0.29) is 0 Å². The van der Waals surface area contributed by atoms with E-state index < -0.39 is 0 Å². The minimum absolute atomic E-state index is 0.903. The third-order valence-electron chi connectivity index (χ3n) is 3.19. The van der Waals surface area contributed by atoms with E-state index in [1.54, 1.807) is 0 Å². The van der Waals surface area contributed by atoms with Crippen molar-refractivity contribution in [3.05, 3.63) is 36.0 Å². The molecule has 0 saturated heterocycles. The van der Waals surface area contributed by atoms with E-state index in [9.17, 15) is 0 Å². The molecule has 0 saturated carbocycles. The Balaban J connectivity index is -0.0000000329. The third kappa shape index (κ3) is 241. The van der Waals surface area contributed by atoms with E-state index in [1.807, 2.05) is 46.8 Å². The van der Waals surface area contributed by atoms with E-state index in [1.165, 1.54) is 81.8 Å². The standard InChI is InChI=1S/C9H14.C7H16.C5H12.5C3H8.2C2H6/c1-5-7-9(4)8(3)6-2;1-4-5-6-7(2)3;1-3-5-4-2;5*1-3-2;2*1-2/h5-7H,2H2,1,3-4H3;7H,4-6H2,1-3H3;3-5H2,1-2H3;5*3H2,1-2H3;2*1-2H3/b7-5-,9-8-;;;;;;;;;. The van der Waals surface area contributed by atoms with Gasteiger partial charge in [-0.2, -0.15) is 0 Å². The third-order valence-corrected chi connectivity index (χ3v) is 3.19. The molecule has 0 nitrogen and oxygen atoms in total. The van der Waals surface area contributed by atoms with Crippen molar-refractivity contribution in [2.45, 2.75) is 223 Å². The van der Waals surface area contributed by atoms with Crippen LogP contribution < -0.4 is 0 Å². The number of hydrogen-bond acceptors (Lipinski definition) is 0. The number of unbranched alkanes of at least 4 members (excludes halogenated alkanes) is 3.